The van der Waals surface area contributed by atoms with Crippen molar-refractivity contribution in [2.75, 3.05) is 47.6 Å². The average Bonchev–Trinajstić information content (AvgIpc) is 3.06. The molecule has 0 saturated heterocycles. The number of carbonyl (C=O) groups excluding carboxylic acids is 1. The lowest BCUT2D eigenvalue weighted by molar-refractivity contribution is 0.0964. The van der Waals surface area contributed by atoms with Crippen molar-refractivity contribution >= 4 is 84.7 Å². The van der Waals surface area contributed by atoms with E-state index in [2.05, 4.69) is 47.7 Å². The van der Waals surface area contributed by atoms with E-state index >= 15 is 0 Å². The summed E-state index contributed by atoms with van der Waals surface area (Å²) in [5.41, 5.74) is 4.35. The van der Waals surface area contributed by atoms with Crippen LogP contribution >= 0.6 is 35.6 Å². The summed E-state index contributed by atoms with van der Waals surface area (Å²) in [6, 6.07) is 20.1. The number of thiocarbonyl (C=S) groups is 1. The van der Waals surface area contributed by atoms with Crippen molar-refractivity contribution in [3.05, 3.63) is 94.6 Å². The number of benzene rings is 3. The number of anilines is 5. The second-order valence-corrected chi connectivity index (χ2v) is 14.1. The third-order valence-electron chi connectivity index (χ3n) is 7.08. The van der Waals surface area contributed by atoms with Crippen molar-refractivity contribution in [2.24, 2.45) is 0 Å². The highest BCUT2D eigenvalue weighted by Crippen LogP contribution is 2.32. The zero-order chi connectivity index (χ0) is 32.7. The monoisotopic (exact) mass is 697 g/mol. The van der Waals surface area contributed by atoms with Gasteiger partial charge in [-0.05, 0) is 41.8 Å². The number of fused-ring (bicyclic) bond motifs is 1. The molecule has 4 N–H and O–H groups in total. The Morgan fingerprint density at radius 3 is 2.61 bits per heavy atom. The number of ether oxygens (including phenoxy) is 1. The van der Waals surface area contributed by atoms with E-state index in [1.165, 1.54) is 36.2 Å². The molecule has 0 fully saturated rings. The number of nitrogens with zero attached hydrogens (tertiary/aromatic N) is 3. The number of halogens is 1. The topological polar surface area (TPSA) is 138 Å². The van der Waals surface area contributed by atoms with Crippen LogP contribution in [-0.2, 0) is 23.0 Å². The predicted molar refractivity (Wildman–Crippen MR) is 189 cm³/mol. The van der Waals surface area contributed by atoms with Gasteiger partial charge in [0.15, 0.2) is 5.82 Å². The van der Waals surface area contributed by atoms with Gasteiger partial charge in [0.25, 0.3) is 5.91 Å². The van der Waals surface area contributed by atoms with Gasteiger partial charge in [-0.15, -0.1) is 0 Å². The van der Waals surface area contributed by atoms with Crippen molar-refractivity contribution in [1.82, 2.24) is 20.2 Å². The number of sulfonamides is 1. The molecule has 0 aliphatic carbocycles. The van der Waals surface area contributed by atoms with Crippen LogP contribution in [0, 0.1) is 0 Å². The smallest absolute Gasteiger partial charge is 0.253 e. The van der Waals surface area contributed by atoms with E-state index in [1.54, 1.807) is 49.5 Å². The quantitative estimate of drug-likeness (QED) is 0.142. The number of para-hydroxylation sites is 1. The molecule has 15 heteroatoms. The fourth-order valence-corrected chi connectivity index (χ4v) is 7.61. The Labute approximate surface area is 282 Å². The van der Waals surface area contributed by atoms with Gasteiger partial charge in [-0.1, -0.05) is 72.0 Å². The third kappa shape index (κ3) is 8.37. The van der Waals surface area contributed by atoms with Crippen LogP contribution in [0.4, 0.5) is 28.8 Å². The number of thioether (sulfide) groups is 1. The van der Waals surface area contributed by atoms with Crippen molar-refractivity contribution < 1.29 is 17.9 Å². The summed E-state index contributed by atoms with van der Waals surface area (Å²) in [4.78, 5) is 23.1. The normalized spacial score (nSPS) is 12.5. The maximum absolute atomic E-state index is 12.9. The first-order chi connectivity index (χ1) is 22.2. The molecule has 1 aliphatic heterocycles. The molecule has 1 amide bonds. The second-order valence-electron chi connectivity index (χ2n) is 10.2. The Kier molecular flexibility index (Phi) is 10.8. The van der Waals surface area contributed by atoms with Gasteiger partial charge in [0, 0.05) is 32.0 Å². The van der Waals surface area contributed by atoms with Crippen LogP contribution in [0.5, 0.6) is 5.75 Å². The van der Waals surface area contributed by atoms with E-state index in [9.17, 15) is 13.2 Å². The van der Waals surface area contributed by atoms with Gasteiger partial charge in [0.05, 0.1) is 41.7 Å². The minimum absolute atomic E-state index is 0.109. The van der Waals surface area contributed by atoms with Crippen LogP contribution in [-0.4, -0.2) is 65.7 Å². The molecule has 11 nitrogen and oxygen atoms in total. The number of carbonyl (C=O) groups is 1. The molecule has 46 heavy (non-hydrogen) atoms. The lowest BCUT2D eigenvalue weighted by Crippen LogP contribution is -2.33. The molecule has 4 aromatic rings. The van der Waals surface area contributed by atoms with Gasteiger partial charge in [0.1, 0.15) is 15.1 Å². The average molecular weight is 698 g/mol. The molecule has 3 aromatic carbocycles. The first-order valence-corrected chi connectivity index (χ1v) is 17.6. The van der Waals surface area contributed by atoms with Gasteiger partial charge < -0.3 is 25.6 Å². The number of hydrogen-bond donors (Lipinski definition) is 4. The number of hydrogen-bond acceptors (Lipinski definition) is 10. The summed E-state index contributed by atoms with van der Waals surface area (Å²) in [6.45, 7) is 1.55. The molecular formula is C31H32ClN7O4S3. The van der Waals surface area contributed by atoms with Crippen molar-refractivity contribution in [1.29, 1.82) is 0 Å². The Morgan fingerprint density at radius 1 is 1.07 bits per heavy atom. The van der Waals surface area contributed by atoms with E-state index < -0.39 is 10.0 Å². The summed E-state index contributed by atoms with van der Waals surface area (Å²) < 4.78 is 34.6. The molecule has 240 valence electrons. The highest BCUT2D eigenvalue weighted by Gasteiger charge is 2.20. The predicted octanol–water partition coefficient (Wildman–Crippen LogP) is 5.80. The molecular weight excluding hydrogens is 666 g/mol. The molecule has 0 spiro atoms. The number of amides is 1. The van der Waals surface area contributed by atoms with E-state index in [1.807, 2.05) is 12.1 Å². The van der Waals surface area contributed by atoms with Crippen LogP contribution in [0.15, 0.2) is 72.9 Å². The fraction of sp³-hybridized carbons (Fsp3) is 0.226. The highest BCUT2D eigenvalue weighted by molar-refractivity contribution is 8.23. The van der Waals surface area contributed by atoms with Crippen LogP contribution in [0.25, 0.3) is 0 Å². The van der Waals surface area contributed by atoms with Crippen molar-refractivity contribution in [3.63, 3.8) is 0 Å². The van der Waals surface area contributed by atoms with Gasteiger partial charge in [-0.2, -0.15) is 4.98 Å². The maximum atomic E-state index is 12.9. The largest absolute Gasteiger partial charge is 0.494 e. The summed E-state index contributed by atoms with van der Waals surface area (Å²) >= 11 is 13.3. The standard InChI is InChI=1S/C31H32ClN7O4S3/c1-33-29(40)23-9-5-6-10-25(23)35-28-24(32)18-34-30(37-28)36-26-12-11-22(17-27(26)43-2)38-46(41,42)16-15-45-31(44)39-14-13-20-7-3-4-8-21(20)19-39/h3-12,17-18,38H,13-16,19H2,1-2H3,(H,33,40)(H2,34,35,36,37). The minimum atomic E-state index is -3.66. The molecule has 5 rings (SSSR count). The first kappa shape index (κ1) is 33.3. The zero-order valence-electron chi connectivity index (χ0n) is 25.0. The van der Waals surface area contributed by atoms with E-state index in [0.29, 0.717) is 38.4 Å². The van der Waals surface area contributed by atoms with E-state index in [-0.39, 0.29) is 28.4 Å². The van der Waals surface area contributed by atoms with Gasteiger partial charge in [-0.3, -0.25) is 9.52 Å². The number of aromatic nitrogens is 2. The Morgan fingerprint density at radius 2 is 1.83 bits per heavy atom. The number of rotatable bonds is 11. The Bertz CT molecular complexity index is 1860. The summed E-state index contributed by atoms with van der Waals surface area (Å²) in [5.74, 6) is 0.781. The molecule has 0 unspecified atom stereocenters. The van der Waals surface area contributed by atoms with Gasteiger partial charge >= 0.3 is 0 Å². The molecule has 2 heterocycles. The number of nitrogens with one attached hydrogen (secondary N) is 4. The van der Waals surface area contributed by atoms with Crippen LogP contribution in [0.1, 0.15) is 21.5 Å². The lowest BCUT2D eigenvalue weighted by atomic mass is 10.0. The Balaban J connectivity index is 1.19. The maximum Gasteiger partial charge on any atom is 0.253 e. The molecule has 0 saturated carbocycles. The molecule has 1 aliphatic rings. The SMILES string of the molecule is CNC(=O)c1ccccc1Nc1nc(Nc2ccc(NS(=O)(=O)CCSC(=S)N3CCc4ccccc4C3)cc2OC)ncc1Cl. The first-order valence-electron chi connectivity index (χ1n) is 14.2. The minimum Gasteiger partial charge on any atom is -0.494 e. The number of methoxy groups -OCH3 is 1. The lowest BCUT2D eigenvalue weighted by Gasteiger charge is -2.30. The fourth-order valence-electron chi connectivity index (χ4n) is 4.76. The van der Waals surface area contributed by atoms with Crippen LogP contribution in [0.2, 0.25) is 5.02 Å². The van der Waals surface area contributed by atoms with Crippen LogP contribution in [0.3, 0.4) is 0 Å². The molecule has 0 atom stereocenters. The summed E-state index contributed by atoms with van der Waals surface area (Å²) in [7, 11) is -0.637. The zero-order valence-corrected chi connectivity index (χ0v) is 28.2. The molecule has 1 aromatic heterocycles. The van der Waals surface area contributed by atoms with E-state index in [0.717, 1.165) is 19.5 Å². The van der Waals surface area contributed by atoms with E-state index in [4.69, 9.17) is 28.6 Å². The Hall–Kier alpha value is -4.11. The third-order valence-corrected chi connectivity index (χ3v) is 10.4. The van der Waals surface area contributed by atoms with Gasteiger partial charge in [0.2, 0.25) is 16.0 Å². The molecule has 0 radical (unpaired) electrons. The van der Waals surface area contributed by atoms with Gasteiger partial charge in [-0.25, -0.2) is 13.4 Å². The highest BCUT2D eigenvalue weighted by atomic mass is 35.5. The summed E-state index contributed by atoms with van der Waals surface area (Å²) in [6.07, 6.45) is 2.34. The van der Waals surface area contributed by atoms with Crippen molar-refractivity contribution in [2.45, 2.75) is 13.0 Å². The van der Waals surface area contributed by atoms with Crippen LogP contribution < -0.4 is 25.4 Å². The van der Waals surface area contributed by atoms with Crippen molar-refractivity contribution in [3.8, 4) is 5.75 Å². The second kappa shape index (κ2) is 15.0. The summed E-state index contributed by atoms with van der Waals surface area (Å²) in [5, 5.41) is 9.01. The molecule has 0 bridgehead atoms.